The van der Waals surface area contributed by atoms with Gasteiger partial charge in [0, 0.05) is 37.2 Å². The van der Waals surface area contributed by atoms with Gasteiger partial charge in [0.15, 0.2) is 0 Å². The molecule has 5 nitrogen and oxygen atoms in total. The lowest BCUT2D eigenvalue weighted by molar-refractivity contribution is 0.274. The van der Waals surface area contributed by atoms with Crippen LogP contribution in [-0.4, -0.2) is 15.4 Å². The maximum Gasteiger partial charge on any atom is 0.132 e. The van der Waals surface area contributed by atoms with E-state index in [1.807, 2.05) is 72.8 Å². The van der Waals surface area contributed by atoms with Crippen molar-refractivity contribution in [2.45, 2.75) is 40.5 Å². The van der Waals surface area contributed by atoms with Crippen molar-refractivity contribution < 1.29 is 9.13 Å². The van der Waals surface area contributed by atoms with E-state index in [9.17, 15) is 0 Å². The highest BCUT2D eigenvalue weighted by atomic mass is 32.1. The summed E-state index contributed by atoms with van der Waals surface area (Å²) >= 11 is 2.78. The van der Waals surface area contributed by atoms with Gasteiger partial charge in [-0.1, -0.05) is 88.4 Å². The van der Waals surface area contributed by atoms with E-state index in [0.717, 1.165) is 83.8 Å². The first-order chi connectivity index (χ1) is 23.8. The zero-order chi connectivity index (χ0) is 33.9. The van der Waals surface area contributed by atoms with E-state index in [4.69, 9.17) is 4.74 Å². The molecule has 0 radical (unpaired) electrons. The Morgan fingerprint density at radius 2 is 1.39 bits per heavy atom. The Morgan fingerprint density at radius 3 is 2.12 bits per heavy atom. The van der Waals surface area contributed by atoms with Crippen LogP contribution in [0.3, 0.4) is 0 Å². The van der Waals surface area contributed by atoms with Gasteiger partial charge in [0.05, 0.1) is 29.7 Å². The van der Waals surface area contributed by atoms with Gasteiger partial charge in [-0.2, -0.15) is 13.9 Å². The van der Waals surface area contributed by atoms with Crippen LogP contribution in [0.25, 0.3) is 53.8 Å². The van der Waals surface area contributed by atoms with E-state index >= 15 is 4.39 Å². The van der Waals surface area contributed by atoms with Crippen molar-refractivity contribution in [1.82, 2.24) is 8.75 Å². The third kappa shape index (κ3) is 7.16. The molecule has 0 unspecified atom stereocenters. The van der Waals surface area contributed by atoms with E-state index in [1.54, 1.807) is 17.4 Å². The van der Waals surface area contributed by atoms with Crippen LogP contribution in [0.15, 0.2) is 113 Å². The summed E-state index contributed by atoms with van der Waals surface area (Å²) in [7, 11) is 0. The first kappa shape index (κ1) is 32.7. The van der Waals surface area contributed by atoms with Crippen LogP contribution in [0.1, 0.15) is 39.7 Å². The van der Waals surface area contributed by atoms with E-state index < -0.39 is 0 Å². The number of ether oxygens (including phenoxy) is 1. The molecule has 0 aliphatic rings. The molecule has 0 spiro atoms. The van der Waals surface area contributed by atoms with Crippen LogP contribution in [-0.2, 0) is 6.42 Å². The SMILES string of the molecule is CC(C)CCc1ccc(-c2ccc(-c3ccc(-c4ccc(N=Nc5ccc(OCC(C)C)c6ccccc56)cc4)c4nsnc34)s2)c(F)c1. The van der Waals surface area contributed by atoms with Crippen molar-refractivity contribution in [3.05, 3.63) is 115 Å². The fraction of sp³-hybridized carbons (Fsp3) is 0.220. The average Bonchev–Trinajstić information content (AvgIpc) is 3.80. The number of hydrogen-bond acceptors (Lipinski definition) is 7. The summed E-state index contributed by atoms with van der Waals surface area (Å²) < 4.78 is 30.6. The Kier molecular flexibility index (Phi) is 9.60. The van der Waals surface area contributed by atoms with Gasteiger partial charge in [0.2, 0.25) is 0 Å². The molecule has 2 aromatic heterocycles. The van der Waals surface area contributed by atoms with Gasteiger partial charge in [0.1, 0.15) is 22.6 Å². The monoisotopic (exact) mass is 684 g/mol. The topological polar surface area (TPSA) is 59.7 Å². The predicted octanol–water partition coefficient (Wildman–Crippen LogP) is 13.1. The number of nitrogens with zero attached hydrogens (tertiary/aromatic N) is 4. The van der Waals surface area contributed by atoms with Crippen LogP contribution in [0.5, 0.6) is 5.75 Å². The first-order valence-corrected chi connectivity index (χ1v) is 18.2. The van der Waals surface area contributed by atoms with Crippen molar-refractivity contribution >= 4 is 56.2 Å². The molecule has 7 rings (SSSR count). The zero-order valence-electron chi connectivity index (χ0n) is 28.0. The second kappa shape index (κ2) is 14.4. The molecular formula is C41H37FN4OS2. The minimum absolute atomic E-state index is 0.175. The highest BCUT2D eigenvalue weighted by Crippen LogP contribution is 2.41. The van der Waals surface area contributed by atoms with Crippen LogP contribution < -0.4 is 4.74 Å². The molecule has 0 aliphatic carbocycles. The van der Waals surface area contributed by atoms with Crippen LogP contribution in [0, 0.1) is 17.7 Å². The van der Waals surface area contributed by atoms with Crippen LogP contribution >= 0.6 is 23.1 Å². The largest absolute Gasteiger partial charge is 0.493 e. The Morgan fingerprint density at radius 1 is 0.694 bits per heavy atom. The maximum atomic E-state index is 15.2. The summed E-state index contributed by atoms with van der Waals surface area (Å²) in [6.07, 6.45) is 1.94. The molecule has 2 heterocycles. The summed E-state index contributed by atoms with van der Waals surface area (Å²) in [6, 6.07) is 33.9. The molecular weight excluding hydrogens is 648 g/mol. The number of halogens is 1. The number of hydrogen-bond donors (Lipinski definition) is 0. The van der Waals surface area contributed by atoms with E-state index in [2.05, 4.69) is 70.9 Å². The third-order valence-electron chi connectivity index (χ3n) is 8.48. The predicted molar refractivity (Wildman–Crippen MR) is 203 cm³/mol. The Labute approximate surface area is 294 Å². The number of rotatable bonds is 11. The zero-order valence-corrected chi connectivity index (χ0v) is 29.6. The first-order valence-electron chi connectivity index (χ1n) is 16.6. The summed E-state index contributed by atoms with van der Waals surface area (Å²) in [5.74, 6) is 1.72. The van der Waals surface area contributed by atoms with Gasteiger partial charge in [-0.15, -0.1) is 16.5 Å². The second-order valence-electron chi connectivity index (χ2n) is 13.1. The van der Waals surface area contributed by atoms with E-state index in [1.165, 1.54) is 11.7 Å². The second-order valence-corrected chi connectivity index (χ2v) is 14.7. The molecule has 0 aliphatic heterocycles. The van der Waals surface area contributed by atoms with Gasteiger partial charge in [0.25, 0.3) is 0 Å². The van der Waals surface area contributed by atoms with Crippen molar-refractivity contribution in [1.29, 1.82) is 0 Å². The number of benzene rings is 5. The summed E-state index contributed by atoms with van der Waals surface area (Å²) in [5.41, 5.74) is 7.92. The smallest absolute Gasteiger partial charge is 0.132 e. The fourth-order valence-corrected chi connectivity index (χ4v) is 7.47. The molecule has 7 aromatic rings. The molecule has 0 fully saturated rings. The molecule has 246 valence electrons. The lowest BCUT2D eigenvalue weighted by Crippen LogP contribution is -2.04. The van der Waals surface area contributed by atoms with Crippen molar-refractivity contribution in [3.8, 4) is 37.8 Å². The highest BCUT2D eigenvalue weighted by Gasteiger charge is 2.17. The van der Waals surface area contributed by atoms with E-state index in [-0.39, 0.29) is 5.82 Å². The molecule has 0 saturated carbocycles. The standard InChI is InChI=1S/C41H37FN4OS2/c1-25(2)9-10-27-11-16-33(35(42)23-27)38-21-22-39(48-38)34-18-17-30(40-41(34)46-49-45-40)28-12-14-29(15-13-28)43-44-36-19-20-37(47-24-26(3)4)32-8-6-5-7-31(32)36/h5-8,11-23,25-26H,9-10,24H2,1-4H3. The lowest BCUT2D eigenvalue weighted by atomic mass is 10.0. The van der Waals surface area contributed by atoms with Crippen LogP contribution in [0.4, 0.5) is 15.8 Å². The average molecular weight is 685 g/mol. The van der Waals surface area contributed by atoms with Gasteiger partial charge < -0.3 is 4.74 Å². The number of aryl methyl sites for hydroxylation is 1. The number of fused-ring (bicyclic) bond motifs is 2. The molecule has 8 heteroatoms. The number of thiophene rings is 1. The normalized spacial score (nSPS) is 11.9. The third-order valence-corrected chi connectivity index (χ3v) is 10.2. The van der Waals surface area contributed by atoms with Crippen molar-refractivity contribution in [3.63, 3.8) is 0 Å². The molecule has 5 aromatic carbocycles. The van der Waals surface area contributed by atoms with Gasteiger partial charge >= 0.3 is 0 Å². The van der Waals surface area contributed by atoms with Crippen LogP contribution in [0.2, 0.25) is 0 Å². The highest BCUT2D eigenvalue weighted by molar-refractivity contribution is 7.19. The Bertz CT molecular complexity index is 2270. The van der Waals surface area contributed by atoms with Crippen molar-refractivity contribution in [2.75, 3.05) is 6.61 Å². The Hall–Kier alpha value is -4.79. The minimum Gasteiger partial charge on any atom is -0.493 e. The quantitative estimate of drug-likeness (QED) is 0.127. The minimum atomic E-state index is -0.175. The van der Waals surface area contributed by atoms with Gasteiger partial charge in [-0.3, -0.25) is 0 Å². The summed E-state index contributed by atoms with van der Waals surface area (Å²) in [4.78, 5) is 1.93. The summed E-state index contributed by atoms with van der Waals surface area (Å²) in [6.45, 7) is 9.32. The fourth-order valence-electron chi connectivity index (χ4n) is 5.84. The van der Waals surface area contributed by atoms with Gasteiger partial charge in [-0.05, 0) is 78.3 Å². The molecule has 0 bridgehead atoms. The molecule has 0 amide bonds. The molecule has 0 N–H and O–H groups in total. The van der Waals surface area contributed by atoms with E-state index in [0.29, 0.717) is 24.0 Å². The molecule has 0 saturated heterocycles. The lowest BCUT2D eigenvalue weighted by Gasteiger charge is -2.12. The Balaban J connectivity index is 1.11. The summed E-state index contributed by atoms with van der Waals surface area (Å²) in [5, 5.41) is 11.2. The molecule has 0 atom stereocenters. The number of azo groups is 1. The van der Waals surface area contributed by atoms with Crippen molar-refractivity contribution in [2.24, 2.45) is 22.1 Å². The number of aromatic nitrogens is 2. The van der Waals surface area contributed by atoms with Gasteiger partial charge in [-0.25, -0.2) is 4.39 Å². The maximum absolute atomic E-state index is 15.2. The molecule has 49 heavy (non-hydrogen) atoms.